The monoisotopic (exact) mass is 198 g/mol. The van der Waals surface area contributed by atoms with Crippen LogP contribution in [0.2, 0.25) is 0 Å². The number of rotatable bonds is 0. The number of fused-ring (bicyclic) bond motifs is 3. The summed E-state index contributed by atoms with van der Waals surface area (Å²) in [5, 5.41) is 1.28. The molecule has 0 fully saturated rings. The average Bonchev–Trinajstić information content (AvgIpc) is 2.64. The fraction of sp³-hybridized carbons (Fsp3) is 0.286. The molecule has 15 heavy (non-hydrogen) atoms. The van der Waals surface area contributed by atoms with Crippen molar-refractivity contribution >= 4 is 16.5 Å². The molecule has 1 heterocycles. The smallest absolute Gasteiger partial charge is 0.135 e. The molecule has 0 spiro atoms. The van der Waals surface area contributed by atoms with Gasteiger partial charge in [0.1, 0.15) is 11.3 Å². The number of allylic oxidation sites excluding steroid dienone is 2. The van der Waals surface area contributed by atoms with Crippen LogP contribution in [0.15, 0.2) is 34.8 Å². The second-order valence-electron chi connectivity index (χ2n) is 4.36. The van der Waals surface area contributed by atoms with Gasteiger partial charge in [-0.15, -0.1) is 0 Å². The predicted octanol–water partition coefficient (Wildman–Crippen LogP) is 4.34. The van der Waals surface area contributed by atoms with Crippen LogP contribution >= 0.6 is 0 Å². The minimum Gasteiger partial charge on any atom is -0.456 e. The molecule has 0 saturated heterocycles. The molecule has 0 amide bonds. The van der Waals surface area contributed by atoms with Crippen molar-refractivity contribution in [2.75, 3.05) is 0 Å². The van der Waals surface area contributed by atoms with Crippen LogP contribution in [0.5, 0.6) is 0 Å². The van der Waals surface area contributed by atoms with Crippen LogP contribution in [0, 0.1) is 0 Å². The van der Waals surface area contributed by atoms with Gasteiger partial charge in [0, 0.05) is 10.9 Å². The summed E-state index contributed by atoms with van der Waals surface area (Å²) in [5.41, 5.74) is 3.69. The van der Waals surface area contributed by atoms with Crippen molar-refractivity contribution in [3.8, 4) is 0 Å². The van der Waals surface area contributed by atoms with Gasteiger partial charge in [-0.25, -0.2) is 0 Å². The average molecular weight is 198 g/mol. The number of hydrogen-bond acceptors (Lipinski definition) is 1. The zero-order valence-electron chi connectivity index (χ0n) is 9.08. The van der Waals surface area contributed by atoms with Crippen LogP contribution in [0.1, 0.15) is 37.5 Å². The first-order valence-electron chi connectivity index (χ1n) is 5.46. The Hall–Kier alpha value is -1.50. The quantitative estimate of drug-likeness (QED) is 0.613. The molecule has 1 nitrogen and oxygen atoms in total. The predicted molar refractivity (Wildman–Crippen MR) is 62.9 cm³/mol. The van der Waals surface area contributed by atoms with Crippen molar-refractivity contribution in [2.24, 2.45) is 0 Å². The van der Waals surface area contributed by atoms with Crippen molar-refractivity contribution in [1.29, 1.82) is 0 Å². The minimum atomic E-state index is 0.576. The molecule has 0 saturated carbocycles. The molecule has 1 aliphatic carbocycles. The lowest BCUT2D eigenvalue weighted by molar-refractivity contribution is 0.580. The lowest BCUT2D eigenvalue weighted by atomic mass is 9.88. The van der Waals surface area contributed by atoms with E-state index in [1.54, 1.807) is 0 Å². The Kier molecular flexibility index (Phi) is 1.75. The van der Waals surface area contributed by atoms with E-state index in [0.717, 1.165) is 17.8 Å². The van der Waals surface area contributed by atoms with Gasteiger partial charge in [-0.2, -0.15) is 0 Å². The fourth-order valence-corrected chi connectivity index (χ4v) is 2.41. The number of benzene rings is 1. The van der Waals surface area contributed by atoms with Crippen LogP contribution in [-0.2, 0) is 0 Å². The summed E-state index contributed by atoms with van der Waals surface area (Å²) in [5.74, 6) is 1.67. The zero-order valence-corrected chi connectivity index (χ0v) is 9.08. The van der Waals surface area contributed by atoms with Crippen molar-refractivity contribution in [3.05, 3.63) is 41.7 Å². The fourth-order valence-electron chi connectivity index (χ4n) is 2.41. The molecule has 1 aromatic carbocycles. The Bertz CT molecular complexity index is 545. The molecule has 0 unspecified atom stereocenters. The summed E-state index contributed by atoms with van der Waals surface area (Å²) in [6, 6.07) is 8.32. The summed E-state index contributed by atoms with van der Waals surface area (Å²) in [6.07, 6.45) is 3.40. The molecular formula is C14H14O. The van der Waals surface area contributed by atoms with E-state index in [2.05, 4.69) is 32.1 Å². The van der Waals surface area contributed by atoms with Gasteiger partial charge in [0.2, 0.25) is 0 Å². The molecule has 1 atom stereocenters. The van der Waals surface area contributed by atoms with Gasteiger partial charge in [0.05, 0.1) is 0 Å². The van der Waals surface area contributed by atoms with Gasteiger partial charge in [-0.3, -0.25) is 0 Å². The second kappa shape index (κ2) is 2.99. The van der Waals surface area contributed by atoms with Crippen molar-refractivity contribution in [3.63, 3.8) is 0 Å². The van der Waals surface area contributed by atoms with Crippen molar-refractivity contribution < 1.29 is 4.42 Å². The Morgan fingerprint density at radius 2 is 2.07 bits per heavy atom. The van der Waals surface area contributed by atoms with Gasteiger partial charge in [-0.1, -0.05) is 31.2 Å². The van der Waals surface area contributed by atoms with E-state index in [0.29, 0.717) is 5.92 Å². The third kappa shape index (κ3) is 1.16. The topological polar surface area (TPSA) is 13.1 Å². The number of para-hydroxylation sites is 1. The molecule has 1 aliphatic rings. The first-order valence-corrected chi connectivity index (χ1v) is 5.46. The van der Waals surface area contributed by atoms with E-state index in [-0.39, 0.29) is 0 Å². The van der Waals surface area contributed by atoms with Gasteiger partial charge < -0.3 is 4.42 Å². The van der Waals surface area contributed by atoms with E-state index in [1.165, 1.54) is 16.5 Å². The minimum absolute atomic E-state index is 0.576. The molecule has 2 aromatic rings. The molecule has 0 aliphatic heterocycles. The second-order valence-corrected chi connectivity index (χ2v) is 4.36. The maximum Gasteiger partial charge on any atom is 0.135 e. The van der Waals surface area contributed by atoms with Crippen LogP contribution < -0.4 is 0 Å². The molecular weight excluding hydrogens is 184 g/mol. The van der Waals surface area contributed by atoms with Crippen LogP contribution in [0.3, 0.4) is 0 Å². The summed E-state index contributed by atoms with van der Waals surface area (Å²) >= 11 is 0. The van der Waals surface area contributed by atoms with Gasteiger partial charge in [0.15, 0.2) is 0 Å². The standard InChI is InChI=1S/C14H14O/c1-9-7-8-10(2)14-13(9)11-5-3-4-6-12(11)15-14/h3-6,8-9H,7H2,1-2H3/t9-/m0/s1. The van der Waals surface area contributed by atoms with Crippen LogP contribution in [0.4, 0.5) is 0 Å². The highest BCUT2D eigenvalue weighted by Gasteiger charge is 2.22. The number of furan rings is 1. The SMILES string of the molecule is CC1=CC[C@H](C)c2c1oc1ccccc21. The highest BCUT2D eigenvalue weighted by Crippen LogP contribution is 2.40. The largest absolute Gasteiger partial charge is 0.456 e. The summed E-state index contributed by atoms with van der Waals surface area (Å²) in [7, 11) is 0. The zero-order chi connectivity index (χ0) is 10.4. The van der Waals surface area contributed by atoms with E-state index >= 15 is 0 Å². The molecule has 1 aromatic heterocycles. The van der Waals surface area contributed by atoms with E-state index in [9.17, 15) is 0 Å². The first-order chi connectivity index (χ1) is 7.27. The van der Waals surface area contributed by atoms with Crippen molar-refractivity contribution in [1.82, 2.24) is 0 Å². The molecule has 3 rings (SSSR count). The van der Waals surface area contributed by atoms with Crippen LogP contribution in [-0.4, -0.2) is 0 Å². The molecule has 0 bridgehead atoms. The van der Waals surface area contributed by atoms with Gasteiger partial charge >= 0.3 is 0 Å². The summed E-state index contributed by atoms with van der Waals surface area (Å²) in [6.45, 7) is 4.40. The molecule has 0 N–H and O–H groups in total. The lowest BCUT2D eigenvalue weighted by Crippen LogP contribution is -1.99. The highest BCUT2D eigenvalue weighted by molar-refractivity contribution is 5.87. The maximum absolute atomic E-state index is 5.90. The lowest BCUT2D eigenvalue weighted by Gasteiger charge is -2.15. The third-order valence-corrected chi connectivity index (χ3v) is 3.26. The van der Waals surface area contributed by atoms with E-state index in [4.69, 9.17) is 4.42 Å². The Labute approximate surface area is 89.4 Å². The molecule has 0 radical (unpaired) electrons. The third-order valence-electron chi connectivity index (χ3n) is 3.26. The Morgan fingerprint density at radius 3 is 2.93 bits per heavy atom. The first kappa shape index (κ1) is 8.78. The summed E-state index contributed by atoms with van der Waals surface area (Å²) < 4.78 is 5.90. The Balaban J connectivity index is 2.40. The maximum atomic E-state index is 5.90. The normalized spacial score (nSPS) is 20.1. The van der Waals surface area contributed by atoms with Crippen LogP contribution in [0.25, 0.3) is 16.5 Å². The van der Waals surface area contributed by atoms with E-state index in [1.807, 2.05) is 12.1 Å². The van der Waals surface area contributed by atoms with Gasteiger partial charge in [0.25, 0.3) is 0 Å². The summed E-state index contributed by atoms with van der Waals surface area (Å²) in [4.78, 5) is 0. The van der Waals surface area contributed by atoms with Gasteiger partial charge in [-0.05, 0) is 30.9 Å². The number of hydrogen-bond donors (Lipinski definition) is 0. The van der Waals surface area contributed by atoms with E-state index < -0.39 is 0 Å². The molecule has 76 valence electrons. The molecule has 1 heteroatoms. The Morgan fingerprint density at radius 1 is 1.27 bits per heavy atom. The van der Waals surface area contributed by atoms with Crippen molar-refractivity contribution in [2.45, 2.75) is 26.2 Å². The highest BCUT2D eigenvalue weighted by atomic mass is 16.3.